The topological polar surface area (TPSA) is 35.5 Å². The Morgan fingerprint density at radius 3 is 2.90 bits per heavy atom. The number of carbonyl (C=O) groups is 1. The molecule has 0 N–H and O–H groups in total. The summed E-state index contributed by atoms with van der Waals surface area (Å²) in [5.74, 6) is 0.367. The molecule has 0 bridgehead atoms. The van der Waals surface area contributed by atoms with E-state index in [0.29, 0.717) is 18.6 Å². The van der Waals surface area contributed by atoms with Crippen molar-refractivity contribution in [1.29, 1.82) is 0 Å². The maximum Gasteiger partial charge on any atom is 0.157 e. The first-order valence-corrected chi connectivity index (χ1v) is 8.16. The molecule has 1 aliphatic heterocycles. The summed E-state index contributed by atoms with van der Waals surface area (Å²) in [6.07, 6.45) is 12.8. The van der Waals surface area contributed by atoms with Gasteiger partial charge < -0.3 is 9.47 Å². The molecule has 0 aliphatic carbocycles. The SMILES string of the molecule is C/C=C/CCC(=O)CCC[C@@H](CC)OC1CCCCO1. The van der Waals surface area contributed by atoms with E-state index in [1.807, 2.05) is 13.0 Å². The van der Waals surface area contributed by atoms with Crippen molar-refractivity contribution in [3.8, 4) is 0 Å². The average molecular weight is 282 g/mol. The fourth-order valence-electron chi connectivity index (χ4n) is 2.46. The molecule has 1 fully saturated rings. The third kappa shape index (κ3) is 7.81. The number of rotatable bonds is 10. The zero-order valence-corrected chi connectivity index (χ0v) is 13.1. The summed E-state index contributed by atoms with van der Waals surface area (Å²) in [5, 5.41) is 0. The molecule has 0 radical (unpaired) electrons. The highest BCUT2D eigenvalue weighted by Gasteiger charge is 2.18. The van der Waals surface area contributed by atoms with Gasteiger partial charge in [-0.25, -0.2) is 0 Å². The van der Waals surface area contributed by atoms with Gasteiger partial charge in [0.05, 0.1) is 6.10 Å². The highest BCUT2D eigenvalue weighted by molar-refractivity contribution is 5.78. The maximum atomic E-state index is 11.7. The molecule has 0 amide bonds. The number of hydrogen-bond acceptors (Lipinski definition) is 3. The van der Waals surface area contributed by atoms with Crippen LogP contribution in [-0.4, -0.2) is 24.8 Å². The minimum absolute atomic E-state index is 0.0147. The molecule has 0 saturated carbocycles. The first kappa shape index (κ1) is 17.4. The summed E-state index contributed by atoms with van der Waals surface area (Å²) in [6.45, 7) is 4.95. The fraction of sp³-hybridized carbons (Fsp3) is 0.824. The van der Waals surface area contributed by atoms with Crippen molar-refractivity contribution < 1.29 is 14.3 Å². The van der Waals surface area contributed by atoms with E-state index in [1.165, 1.54) is 6.42 Å². The van der Waals surface area contributed by atoms with Crippen molar-refractivity contribution in [2.24, 2.45) is 0 Å². The minimum atomic E-state index is -0.0147. The molecule has 1 heterocycles. The lowest BCUT2D eigenvalue weighted by atomic mass is 10.0. The van der Waals surface area contributed by atoms with Crippen molar-refractivity contribution in [2.45, 2.75) is 84.0 Å². The van der Waals surface area contributed by atoms with Gasteiger partial charge in [-0.15, -0.1) is 0 Å². The van der Waals surface area contributed by atoms with Gasteiger partial charge in [0.25, 0.3) is 0 Å². The summed E-state index contributed by atoms with van der Waals surface area (Å²) in [7, 11) is 0. The lowest BCUT2D eigenvalue weighted by molar-refractivity contribution is -0.189. The molecular formula is C17H30O3. The molecule has 1 unspecified atom stereocenters. The van der Waals surface area contributed by atoms with E-state index in [4.69, 9.17) is 9.47 Å². The number of carbonyl (C=O) groups excluding carboxylic acids is 1. The minimum Gasteiger partial charge on any atom is -0.353 e. The fourth-order valence-corrected chi connectivity index (χ4v) is 2.46. The summed E-state index contributed by atoms with van der Waals surface area (Å²) < 4.78 is 11.6. The van der Waals surface area contributed by atoms with Crippen LogP contribution in [-0.2, 0) is 14.3 Å². The van der Waals surface area contributed by atoms with E-state index in [9.17, 15) is 4.79 Å². The van der Waals surface area contributed by atoms with E-state index >= 15 is 0 Å². The van der Waals surface area contributed by atoms with Gasteiger partial charge in [0, 0.05) is 19.4 Å². The third-order valence-electron chi connectivity index (χ3n) is 3.74. The lowest BCUT2D eigenvalue weighted by Crippen LogP contribution is -2.27. The first-order chi connectivity index (χ1) is 9.76. The summed E-state index contributed by atoms with van der Waals surface area (Å²) in [4.78, 5) is 11.7. The highest BCUT2D eigenvalue weighted by atomic mass is 16.7. The Morgan fingerprint density at radius 2 is 2.25 bits per heavy atom. The van der Waals surface area contributed by atoms with Crippen molar-refractivity contribution in [3.05, 3.63) is 12.2 Å². The standard InChI is InChI=1S/C17H30O3/c1-3-5-6-10-15(18)11-9-12-16(4-2)20-17-13-7-8-14-19-17/h3,5,16-17H,4,6-14H2,1-2H3/b5-3+/t16-,17?/m1/s1. The van der Waals surface area contributed by atoms with Gasteiger partial charge in [0.1, 0.15) is 5.78 Å². The number of hydrogen-bond donors (Lipinski definition) is 0. The van der Waals surface area contributed by atoms with Gasteiger partial charge in [0.15, 0.2) is 6.29 Å². The van der Waals surface area contributed by atoms with Crippen LogP contribution in [0.2, 0.25) is 0 Å². The largest absolute Gasteiger partial charge is 0.353 e. The van der Waals surface area contributed by atoms with Gasteiger partial charge in [-0.2, -0.15) is 0 Å². The zero-order valence-electron chi connectivity index (χ0n) is 13.1. The molecule has 1 aliphatic rings. The van der Waals surface area contributed by atoms with Crippen LogP contribution in [0.1, 0.15) is 71.6 Å². The first-order valence-electron chi connectivity index (χ1n) is 8.16. The number of allylic oxidation sites excluding steroid dienone is 2. The van der Waals surface area contributed by atoms with Gasteiger partial charge in [-0.1, -0.05) is 19.1 Å². The number of Topliss-reactive ketones (excluding diaryl/α,β-unsaturated/α-hetero) is 1. The molecule has 116 valence electrons. The van der Waals surface area contributed by atoms with Crippen LogP contribution < -0.4 is 0 Å². The second kappa shape index (κ2) is 11.0. The predicted molar refractivity (Wildman–Crippen MR) is 81.7 cm³/mol. The van der Waals surface area contributed by atoms with Crippen LogP contribution in [0.5, 0.6) is 0 Å². The number of ether oxygens (including phenoxy) is 2. The van der Waals surface area contributed by atoms with Crippen LogP contribution in [0.25, 0.3) is 0 Å². The van der Waals surface area contributed by atoms with Crippen molar-refractivity contribution in [3.63, 3.8) is 0 Å². The summed E-state index contributed by atoms with van der Waals surface area (Å²) in [5.41, 5.74) is 0. The van der Waals surface area contributed by atoms with Gasteiger partial charge >= 0.3 is 0 Å². The van der Waals surface area contributed by atoms with Crippen LogP contribution >= 0.6 is 0 Å². The van der Waals surface area contributed by atoms with Crippen molar-refractivity contribution in [1.82, 2.24) is 0 Å². The Bertz CT molecular complexity index is 280. The van der Waals surface area contributed by atoms with E-state index in [-0.39, 0.29) is 12.4 Å². The Kier molecular flexibility index (Phi) is 9.60. The second-order valence-electron chi connectivity index (χ2n) is 5.50. The molecular weight excluding hydrogens is 252 g/mol. The Morgan fingerprint density at radius 1 is 1.40 bits per heavy atom. The molecule has 3 heteroatoms. The quantitative estimate of drug-likeness (QED) is 0.557. The molecule has 1 saturated heterocycles. The smallest absolute Gasteiger partial charge is 0.157 e. The predicted octanol–water partition coefficient (Wildman–Crippen LogP) is 4.40. The molecule has 0 spiro atoms. The van der Waals surface area contributed by atoms with Crippen LogP contribution in [0.3, 0.4) is 0 Å². The summed E-state index contributed by atoms with van der Waals surface area (Å²) in [6, 6.07) is 0. The van der Waals surface area contributed by atoms with E-state index in [1.54, 1.807) is 0 Å². The Balaban J connectivity index is 2.12. The van der Waals surface area contributed by atoms with E-state index < -0.39 is 0 Å². The Hall–Kier alpha value is -0.670. The monoisotopic (exact) mass is 282 g/mol. The summed E-state index contributed by atoms with van der Waals surface area (Å²) >= 11 is 0. The highest BCUT2D eigenvalue weighted by Crippen LogP contribution is 2.19. The van der Waals surface area contributed by atoms with E-state index in [2.05, 4.69) is 13.0 Å². The van der Waals surface area contributed by atoms with E-state index in [0.717, 1.165) is 45.1 Å². The number of ketones is 1. The normalized spacial score (nSPS) is 21.2. The van der Waals surface area contributed by atoms with Crippen molar-refractivity contribution >= 4 is 5.78 Å². The van der Waals surface area contributed by atoms with Gasteiger partial charge in [0.2, 0.25) is 0 Å². The maximum absolute atomic E-state index is 11.7. The molecule has 1 rings (SSSR count). The molecule has 0 aromatic rings. The molecule has 0 aromatic heterocycles. The van der Waals surface area contributed by atoms with Gasteiger partial charge in [-0.05, 0) is 51.9 Å². The van der Waals surface area contributed by atoms with Crippen LogP contribution in [0.4, 0.5) is 0 Å². The van der Waals surface area contributed by atoms with Crippen LogP contribution in [0, 0.1) is 0 Å². The average Bonchev–Trinajstić information content (AvgIpc) is 2.47. The lowest BCUT2D eigenvalue weighted by Gasteiger charge is -2.27. The molecule has 20 heavy (non-hydrogen) atoms. The van der Waals surface area contributed by atoms with Gasteiger partial charge in [-0.3, -0.25) is 4.79 Å². The molecule has 0 aromatic carbocycles. The third-order valence-corrected chi connectivity index (χ3v) is 3.74. The second-order valence-corrected chi connectivity index (χ2v) is 5.50. The van der Waals surface area contributed by atoms with Crippen molar-refractivity contribution in [2.75, 3.05) is 6.61 Å². The molecule has 2 atom stereocenters. The van der Waals surface area contributed by atoms with Crippen LogP contribution in [0.15, 0.2) is 12.2 Å². The Labute approximate surface area is 123 Å². The zero-order chi connectivity index (χ0) is 14.6. The molecule has 3 nitrogen and oxygen atoms in total.